The molecule has 0 unspecified atom stereocenters. The van der Waals surface area contributed by atoms with Crippen molar-refractivity contribution in [3.63, 3.8) is 0 Å². The van der Waals surface area contributed by atoms with Crippen LogP contribution in [0, 0.1) is 6.92 Å². The predicted molar refractivity (Wildman–Crippen MR) is 98.8 cm³/mol. The second-order valence-corrected chi connectivity index (χ2v) is 8.07. The maximum Gasteiger partial charge on any atom is 0.255 e. The molecule has 6 nitrogen and oxygen atoms in total. The molecular formula is C17H15BrN2O4S. The number of amides is 1. The number of sulfonamides is 1. The Morgan fingerprint density at radius 2 is 2.00 bits per heavy atom. The Balaban J connectivity index is 1.86. The molecule has 8 heteroatoms. The lowest BCUT2D eigenvalue weighted by Crippen LogP contribution is -2.21. The molecule has 0 bridgehead atoms. The standard InChI is InChI=1S/C17H15BrN2O4S/c1-10-2-4-14(8-16(10)25(19,22)23)20-17(21)12-6-11-7-13(18)3-5-15(11)24-9-12/h2-8H,9H2,1H3,(H,20,21)(H2,19,22,23). The molecule has 0 atom stereocenters. The molecule has 3 N–H and O–H groups in total. The number of nitrogens with two attached hydrogens (primary N) is 1. The molecule has 0 fully saturated rings. The van der Waals surface area contributed by atoms with E-state index in [0.29, 0.717) is 22.6 Å². The highest BCUT2D eigenvalue weighted by Crippen LogP contribution is 2.29. The Labute approximate surface area is 153 Å². The minimum absolute atomic E-state index is 0.0200. The zero-order valence-electron chi connectivity index (χ0n) is 13.2. The van der Waals surface area contributed by atoms with Crippen LogP contribution in [0.1, 0.15) is 11.1 Å². The molecule has 25 heavy (non-hydrogen) atoms. The molecule has 0 radical (unpaired) electrons. The van der Waals surface area contributed by atoms with E-state index >= 15 is 0 Å². The molecule has 0 saturated carbocycles. The Kier molecular flexibility index (Phi) is 4.68. The number of carbonyl (C=O) groups is 1. The van der Waals surface area contributed by atoms with Gasteiger partial charge in [-0.2, -0.15) is 0 Å². The molecule has 2 aromatic carbocycles. The monoisotopic (exact) mass is 422 g/mol. The number of primary sulfonamides is 1. The Hall–Kier alpha value is -2.16. The summed E-state index contributed by atoms with van der Waals surface area (Å²) in [7, 11) is -3.86. The van der Waals surface area contributed by atoms with E-state index in [1.807, 2.05) is 18.2 Å². The van der Waals surface area contributed by atoms with E-state index in [4.69, 9.17) is 9.88 Å². The molecule has 0 aliphatic carbocycles. The van der Waals surface area contributed by atoms with Crippen LogP contribution in [0.2, 0.25) is 0 Å². The Morgan fingerprint density at radius 1 is 1.24 bits per heavy atom. The molecule has 0 spiro atoms. The number of ether oxygens (including phenoxy) is 1. The highest BCUT2D eigenvalue weighted by molar-refractivity contribution is 9.10. The van der Waals surface area contributed by atoms with E-state index in [1.54, 1.807) is 25.1 Å². The normalized spacial score (nSPS) is 13.5. The van der Waals surface area contributed by atoms with Crippen LogP contribution in [0.5, 0.6) is 5.75 Å². The van der Waals surface area contributed by atoms with Crippen LogP contribution >= 0.6 is 15.9 Å². The van der Waals surface area contributed by atoms with Crippen LogP contribution in [-0.2, 0) is 14.8 Å². The van der Waals surface area contributed by atoms with Gasteiger partial charge in [-0.1, -0.05) is 22.0 Å². The summed E-state index contributed by atoms with van der Waals surface area (Å²) in [6.07, 6.45) is 1.74. The summed E-state index contributed by atoms with van der Waals surface area (Å²) >= 11 is 3.38. The zero-order valence-corrected chi connectivity index (χ0v) is 15.6. The van der Waals surface area contributed by atoms with Gasteiger partial charge >= 0.3 is 0 Å². The van der Waals surface area contributed by atoms with Gasteiger partial charge in [0.25, 0.3) is 5.91 Å². The Morgan fingerprint density at radius 3 is 2.72 bits per heavy atom. The van der Waals surface area contributed by atoms with Gasteiger partial charge in [0.05, 0.1) is 10.5 Å². The fourth-order valence-electron chi connectivity index (χ4n) is 2.48. The second-order valence-electron chi connectivity index (χ2n) is 5.62. The van der Waals surface area contributed by atoms with Gasteiger partial charge in [0, 0.05) is 15.7 Å². The lowest BCUT2D eigenvalue weighted by molar-refractivity contribution is -0.113. The smallest absolute Gasteiger partial charge is 0.255 e. The predicted octanol–water partition coefficient (Wildman–Crippen LogP) is 2.82. The van der Waals surface area contributed by atoms with E-state index in [2.05, 4.69) is 21.2 Å². The summed E-state index contributed by atoms with van der Waals surface area (Å²) in [5, 5.41) is 7.87. The average Bonchev–Trinajstić information content (AvgIpc) is 2.54. The van der Waals surface area contributed by atoms with Crippen molar-refractivity contribution in [2.75, 3.05) is 11.9 Å². The molecule has 130 valence electrons. The van der Waals surface area contributed by atoms with E-state index in [-0.39, 0.29) is 17.4 Å². The van der Waals surface area contributed by atoms with Gasteiger partial charge in [-0.3, -0.25) is 4.79 Å². The minimum Gasteiger partial charge on any atom is -0.488 e. The zero-order chi connectivity index (χ0) is 18.2. The third kappa shape index (κ3) is 3.92. The van der Waals surface area contributed by atoms with Crippen molar-refractivity contribution in [2.45, 2.75) is 11.8 Å². The number of anilines is 1. The summed E-state index contributed by atoms with van der Waals surface area (Å²) in [5.74, 6) is 0.335. The van der Waals surface area contributed by atoms with Crippen molar-refractivity contribution in [3.8, 4) is 5.75 Å². The quantitative estimate of drug-likeness (QED) is 0.793. The third-order valence-corrected chi connectivity index (χ3v) is 5.28. The number of benzene rings is 2. The van der Waals surface area contributed by atoms with Gasteiger partial charge in [0.2, 0.25) is 10.0 Å². The van der Waals surface area contributed by atoms with E-state index < -0.39 is 10.0 Å². The molecule has 1 heterocycles. The molecule has 0 saturated heterocycles. The number of carbonyl (C=O) groups excluding carboxylic acids is 1. The molecule has 1 amide bonds. The van der Waals surface area contributed by atoms with Gasteiger partial charge in [0.15, 0.2) is 0 Å². The summed E-state index contributed by atoms with van der Waals surface area (Å²) in [5.41, 5.74) is 2.09. The number of fused-ring (bicyclic) bond motifs is 1. The third-order valence-electron chi connectivity index (χ3n) is 3.73. The Bertz CT molecular complexity index is 1000. The molecule has 2 aromatic rings. The van der Waals surface area contributed by atoms with Crippen molar-refractivity contribution >= 4 is 43.6 Å². The van der Waals surface area contributed by atoms with E-state index in [1.165, 1.54) is 6.07 Å². The fourth-order valence-corrected chi connectivity index (χ4v) is 3.66. The molecule has 1 aliphatic rings. The van der Waals surface area contributed by atoms with Crippen LogP contribution in [0.15, 0.2) is 51.3 Å². The van der Waals surface area contributed by atoms with Crippen LogP contribution in [0.25, 0.3) is 6.08 Å². The summed E-state index contributed by atoms with van der Waals surface area (Å²) in [6.45, 7) is 1.77. The van der Waals surface area contributed by atoms with Gasteiger partial charge in [-0.25, -0.2) is 13.6 Å². The highest BCUT2D eigenvalue weighted by atomic mass is 79.9. The number of rotatable bonds is 3. The van der Waals surface area contributed by atoms with Crippen molar-refractivity contribution in [2.24, 2.45) is 5.14 Å². The number of nitrogens with one attached hydrogen (secondary N) is 1. The lowest BCUT2D eigenvalue weighted by atomic mass is 10.1. The fraction of sp³-hybridized carbons (Fsp3) is 0.118. The minimum atomic E-state index is -3.86. The number of halogens is 1. The first-order valence-corrected chi connectivity index (χ1v) is 9.66. The first-order chi connectivity index (χ1) is 11.7. The van der Waals surface area contributed by atoms with Crippen LogP contribution in [-0.4, -0.2) is 20.9 Å². The topological polar surface area (TPSA) is 98.5 Å². The first kappa shape index (κ1) is 17.7. The summed E-state index contributed by atoms with van der Waals surface area (Å²) in [4.78, 5) is 12.4. The van der Waals surface area contributed by atoms with Crippen molar-refractivity contribution in [3.05, 3.63) is 57.6 Å². The van der Waals surface area contributed by atoms with Crippen molar-refractivity contribution in [1.29, 1.82) is 0 Å². The maximum atomic E-state index is 12.5. The van der Waals surface area contributed by atoms with Crippen LogP contribution in [0.3, 0.4) is 0 Å². The van der Waals surface area contributed by atoms with Gasteiger partial charge in [-0.05, 0) is 48.9 Å². The highest BCUT2D eigenvalue weighted by Gasteiger charge is 2.19. The van der Waals surface area contributed by atoms with Crippen molar-refractivity contribution < 1.29 is 17.9 Å². The molecular weight excluding hydrogens is 408 g/mol. The van der Waals surface area contributed by atoms with E-state index in [0.717, 1.165) is 10.0 Å². The molecule has 3 rings (SSSR count). The summed E-state index contributed by atoms with van der Waals surface area (Å²) < 4.78 is 29.6. The molecule has 1 aliphatic heterocycles. The van der Waals surface area contributed by atoms with Gasteiger partial charge in [0.1, 0.15) is 12.4 Å². The number of hydrogen-bond donors (Lipinski definition) is 2. The second kappa shape index (κ2) is 6.62. The van der Waals surface area contributed by atoms with Crippen LogP contribution in [0.4, 0.5) is 5.69 Å². The number of hydrogen-bond acceptors (Lipinski definition) is 4. The lowest BCUT2D eigenvalue weighted by Gasteiger charge is -2.18. The average molecular weight is 423 g/mol. The number of aryl methyl sites for hydroxylation is 1. The summed E-state index contributed by atoms with van der Waals surface area (Å²) in [6, 6.07) is 10.1. The van der Waals surface area contributed by atoms with Crippen LogP contribution < -0.4 is 15.2 Å². The first-order valence-electron chi connectivity index (χ1n) is 7.32. The van der Waals surface area contributed by atoms with Gasteiger partial charge < -0.3 is 10.1 Å². The molecule has 0 aromatic heterocycles. The maximum absolute atomic E-state index is 12.5. The SMILES string of the molecule is Cc1ccc(NC(=O)C2=Cc3cc(Br)ccc3OC2)cc1S(N)(=O)=O. The van der Waals surface area contributed by atoms with Crippen molar-refractivity contribution in [1.82, 2.24) is 0 Å². The van der Waals surface area contributed by atoms with Gasteiger partial charge in [-0.15, -0.1) is 0 Å². The largest absolute Gasteiger partial charge is 0.488 e. The van der Waals surface area contributed by atoms with E-state index in [9.17, 15) is 13.2 Å².